The van der Waals surface area contributed by atoms with Crippen LogP contribution in [0, 0.1) is 5.82 Å². The third-order valence-electron chi connectivity index (χ3n) is 5.46. The molecule has 9 heteroatoms. The first kappa shape index (κ1) is 24.5. The highest BCUT2D eigenvalue weighted by Crippen LogP contribution is 2.28. The molecule has 1 N–H and O–H groups in total. The molecule has 0 aliphatic carbocycles. The van der Waals surface area contributed by atoms with Gasteiger partial charge in [0.25, 0.3) is 5.91 Å². The van der Waals surface area contributed by atoms with Gasteiger partial charge in [0.2, 0.25) is 11.0 Å². The van der Waals surface area contributed by atoms with Crippen LogP contribution in [0.3, 0.4) is 0 Å². The Balaban J connectivity index is 1.46. The number of carbonyl (C=O) groups excluding carboxylic acids is 2. The number of carbonyl (C=O) groups is 2. The van der Waals surface area contributed by atoms with Crippen molar-refractivity contribution in [3.05, 3.63) is 101 Å². The van der Waals surface area contributed by atoms with Gasteiger partial charge in [-0.25, -0.2) is 4.39 Å². The molecule has 0 radical (unpaired) electrons. The van der Waals surface area contributed by atoms with Gasteiger partial charge in [-0.05, 0) is 36.8 Å². The quantitative estimate of drug-likeness (QED) is 0.306. The molecule has 0 saturated heterocycles. The number of anilines is 1. The fraction of sp³-hybridized carbons (Fsp3) is 0.154. The molecular formula is C26H22ClFN4O2S. The SMILES string of the molecule is C[C@H](c1ccccc1)N(CCC(=O)Nc1nnc(-c2ccc(Cl)cc2)s1)C(=O)c1ccccc1F. The van der Waals surface area contributed by atoms with E-state index in [-0.39, 0.29) is 30.5 Å². The van der Waals surface area contributed by atoms with Crippen LogP contribution in [0.4, 0.5) is 9.52 Å². The van der Waals surface area contributed by atoms with Crippen molar-refractivity contribution in [2.24, 2.45) is 0 Å². The summed E-state index contributed by atoms with van der Waals surface area (Å²) in [6.07, 6.45) is 0.00717. The molecular weight excluding hydrogens is 487 g/mol. The van der Waals surface area contributed by atoms with E-state index in [1.54, 1.807) is 18.2 Å². The van der Waals surface area contributed by atoms with Crippen molar-refractivity contribution in [1.29, 1.82) is 0 Å². The third-order valence-corrected chi connectivity index (χ3v) is 6.60. The lowest BCUT2D eigenvalue weighted by Gasteiger charge is -2.30. The predicted octanol–water partition coefficient (Wildman–Crippen LogP) is 6.23. The number of aromatic nitrogens is 2. The van der Waals surface area contributed by atoms with Gasteiger partial charge in [0.05, 0.1) is 11.6 Å². The van der Waals surface area contributed by atoms with E-state index in [4.69, 9.17) is 11.6 Å². The normalized spacial score (nSPS) is 11.6. The standard InChI is InChI=1S/C26H22ClFN4O2S/c1-17(18-7-3-2-4-8-18)32(25(34)21-9-5-6-10-22(21)28)16-15-23(33)29-26-31-30-24(35-26)19-11-13-20(27)14-12-19/h2-14,17H,15-16H2,1H3,(H,29,31,33)/t17-/m1/s1. The Hall–Kier alpha value is -3.62. The van der Waals surface area contributed by atoms with Gasteiger partial charge < -0.3 is 10.2 Å². The zero-order chi connectivity index (χ0) is 24.8. The highest BCUT2D eigenvalue weighted by molar-refractivity contribution is 7.18. The highest BCUT2D eigenvalue weighted by atomic mass is 35.5. The molecule has 4 aromatic rings. The molecule has 1 aromatic heterocycles. The predicted molar refractivity (Wildman–Crippen MR) is 136 cm³/mol. The Morgan fingerprint density at radius 2 is 1.69 bits per heavy atom. The molecule has 0 fully saturated rings. The largest absolute Gasteiger partial charge is 0.331 e. The monoisotopic (exact) mass is 508 g/mol. The lowest BCUT2D eigenvalue weighted by Crippen LogP contribution is -2.36. The van der Waals surface area contributed by atoms with Crippen molar-refractivity contribution in [2.75, 3.05) is 11.9 Å². The van der Waals surface area contributed by atoms with E-state index >= 15 is 0 Å². The summed E-state index contributed by atoms with van der Waals surface area (Å²) in [5.74, 6) is -1.40. The Bertz CT molecular complexity index is 1310. The van der Waals surface area contributed by atoms with Gasteiger partial charge in [0.1, 0.15) is 10.8 Å². The number of amides is 2. The fourth-order valence-corrected chi connectivity index (χ4v) is 4.45. The number of halogens is 2. The summed E-state index contributed by atoms with van der Waals surface area (Å²) >= 11 is 7.16. The van der Waals surface area contributed by atoms with Crippen LogP contribution in [0.15, 0.2) is 78.9 Å². The number of hydrogen-bond donors (Lipinski definition) is 1. The van der Waals surface area contributed by atoms with Crippen LogP contribution < -0.4 is 5.32 Å². The summed E-state index contributed by atoms with van der Waals surface area (Å²) in [5, 5.41) is 12.5. The van der Waals surface area contributed by atoms with Crippen molar-refractivity contribution >= 4 is 39.9 Å². The molecule has 0 unspecified atom stereocenters. The van der Waals surface area contributed by atoms with E-state index in [0.717, 1.165) is 11.1 Å². The van der Waals surface area contributed by atoms with Crippen molar-refractivity contribution in [2.45, 2.75) is 19.4 Å². The zero-order valence-electron chi connectivity index (χ0n) is 18.8. The molecule has 0 aliphatic heterocycles. The Kier molecular flexibility index (Phi) is 7.84. The van der Waals surface area contributed by atoms with Crippen LogP contribution in [0.5, 0.6) is 0 Å². The topological polar surface area (TPSA) is 75.2 Å². The lowest BCUT2D eigenvalue weighted by atomic mass is 10.0. The maximum absolute atomic E-state index is 14.4. The second-order valence-electron chi connectivity index (χ2n) is 7.78. The summed E-state index contributed by atoms with van der Waals surface area (Å²) in [4.78, 5) is 27.5. The summed E-state index contributed by atoms with van der Waals surface area (Å²) < 4.78 is 14.4. The van der Waals surface area contributed by atoms with E-state index in [1.165, 1.54) is 34.4 Å². The van der Waals surface area contributed by atoms with Gasteiger partial charge in [-0.2, -0.15) is 0 Å². The average Bonchev–Trinajstić information content (AvgIpc) is 3.33. The molecule has 1 heterocycles. The maximum atomic E-state index is 14.4. The lowest BCUT2D eigenvalue weighted by molar-refractivity contribution is -0.116. The highest BCUT2D eigenvalue weighted by Gasteiger charge is 2.25. The first-order chi connectivity index (χ1) is 16.9. The van der Waals surface area contributed by atoms with Gasteiger partial charge >= 0.3 is 0 Å². The minimum absolute atomic E-state index is 0.00717. The Labute approximate surface area is 211 Å². The van der Waals surface area contributed by atoms with Gasteiger partial charge in [-0.1, -0.05) is 77.5 Å². The molecule has 0 bridgehead atoms. The summed E-state index contributed by atoms with van der Waals surface area (Å²) in [6, 6.07) is 22.1. The number of nitrogens with one attached hydrogen (secondary N) is 1. The van der Waals surface area contributed by atoms with Crippen LogP contribution in [-0.4, -0.2) is 33.5 Å². The maximum Gasteiger partial charge on any atom is 0.257 e. The third kappa shape index (κ3) is 6.09. The summed E-state index contributed by atoms with van der Waals surface area (Å²) in [7, 11) is 0. The number of hydrogen-bond acceptors (Lipinski definition) is 5. The molecule has 0 aliphatic rings. The van der Waals surface area contributed by atoms with E-state index in [2.05, 4.69) is 15.5 Å². The molecule has 6 nitrogen and oxygen atoms in total. The average molecular weight is 509 g/mol. The molecule has 1 atom stereocenters. The van der Waals surface area contributed by atoms with Crippen molar-refractivity contribution in [3.8, 4) is 10.6 Å². The van der Waals surface area contributed by atoms with Crippen molar-refractivity contribution in [3.63, 3.8) is 0 Å². The van der Waals surface area contributed by atoms with Crippen LogP contribution in [0.2, 0.25) is 5.02 Å². The van der Waals surface area contributed by atoms with E-state index in [1.807, 2.05) is 49.4 Å². The molecule has 3 aromatic carbocycles. The van der Waals surface area contributed by atoms with Gasteiger partial charge in [0, 0.05) is 23.6 Å². The summed E-state index contributed by atoms with van der Waals surface area (Å²) in [5.41, 5.74) is 1.69. The van der Waals surface area contributed by atoms with Gasteiger partial charge in [-0.3, -0.25) is 9.59 Å². The second-order valence-corrected chi connectivity index (χ2v) is 9.20. The van der Waals surface area contributed by atoms with E-state index < -0.39 is 11.7 Å². The second kappa shape index (κ2) is 11.2. The van der Waals surface area contributed by atoms with Crippen LogP contribution in [-0.2, 0) is 4.79 Å². The van der Waals surface area contributed by atoms with E-state index in [0.29, 0.717) is 15.2 Å². The number of benzene rings is 3. The molecule has 178 valence electrons. The van der Waals surface area contributed by atoms with Gasteiger partial charge in [0.15, 0.2) is 0 Å². The number of nitrogens with zero attached hydrogens (tertiary/aromatic N) is 3. The smallest absolute Gasteiger partial charge is 0.257 e. The molecule has 35 heavy (non-hydrogen) atoms. The fourth-order valence-electron chi connectivity index (χ4n) is 3.56. The minimum Gasteiger partial charge on any atom is -0.331 e. The van der Waals surface area contributed by atoms with Crippen LogP contribution >= 0.6 is 22.9 Å². The number of rotatable bonds is 8. The van der Waals surface area contributed by atoms with E-state index in [9.17, 15) is 14.0 Å². The molecule has 0 saturated carbocycles. The van der Waals surface area contributed by atoms with Crippen molar-refractivity contribution in [1.82, 2.24) is 15.1 Å². The summed E-state index contributed by atoms with van der Waals surface area (Å²) in [6.45, 7) is 1.95. The molecule has 0 spiro atoms. The first-order valence-corrected chi connectivity index (χ1v) is 12.1. The first-order valence-electron chi connectivity index (χ1n) is 10.9. The van der Waals surface area contributed by atoms with Crippen LogP contribution in [0.1, 0.15) is 35.3 Å². The zero-order valence-corrected chi connectivity index (χ0v) is 20.4. The molecule has 4 rings (SSSR count). The Morgan fingerprint density at radius 1 is 1.00 bits per heavy atom. The molecule has 2 amide bonds. The minimum atomic E-state index is -0.601. The van der Waals surface area contributed by atoms with Crippen LogP contribution in [0.25, 0.3) is 10.6 Å². The van der Waals surface area contributed by atoms with Crippen molar-refractivity contribution < 1.29 is 14.0 Å². The van der Waals surface area contributed by atoms with Gasteiger partial charge in [-0.15, -0.1) is 10.2 Å². The Morgan fingerprint density at radius 3 is 2.40 bits per heavy atom.